The van der Waals surface area contributed by atoms with E-state index in [0.717, 1.165) is 25.0 Å². The zero-order valence-corrected chi connectivity index (χ0v) is 14.8. The van der Waals surface area contributed by atoms with Crippen LogP contribution in [-0.2, 0) is 14.8 Å². The summed E-state index contributed by atoms with van der Waals surface area (Å²) in [4.78, 5) is 23.9. The molecule has 1 fully saturated rings. The van der Waals surface area contributed by atoms with Gasteiger partial charge in [-0.3, -0.25) is 14.9 Å². The van der Waals surface area contributed by atoms with Gasteiger partial charge in [0.15, 0.2) is 0 Å². The predicted octanol–water partition coefficient (Wildman–Crippen LogP) is 0.474. The minimum absolute atomic E-state index is 0.0150. The van der Waals surface area contributed by atoms with Crippen LogP contribution < -0.4 is 10.0 Å². The van der Waals surface area contributed by atoms with E-state index in [0.29, 0.717) is 13.1 Å². The molecule has 1 aliphatic rings. The average Bonchev–Trinajstić information content (AvgIpc) is 2.61. The van der Waals surface area contributed by atoms with Crippen LogP contribution >= 0.6 is 0 Å². The van der Waals surface area contributed by atoms with Gasteiger partial charge in [-0.2, -0.15) is 0 Å². The van der Waals surface area contributed by atoms with Crippen molar-refractivity contribution in [3.05, 3.63) is 34.4 Å². The van der Waals surface area contributed by atoms with E-state index in [1.165, 1.54) is 12.1 Å². The molecule has 0 saturated carbocycles. The summed E-state index contributed by atoms with van der Waals surface area (Å²) >= 11 is 0. The van der Waals surface area contributed by atoms with Gasteiger partial charge in [-0.25, -0.2) is 13.1 Å². The summed E-state index contributed by atoms with van der Waals surface area (Å²) < 4.78 is 26.7. The van der Waals surface area contributed by atoms with E-state index in [-0.39, 0.29) is 35.5 Å². The van der Waals surface area contributed by atoms with Gasteiger partial charge in [-0.1, -0.05) is 0 Å². The maximum Gasteiger partial charge on any atom is 0.269 e. The largest absolute Gasteiger partial charge is 0.341 e. The molecule has 0 spiro atoms. The monoisotopic (exact) mass is 370 g/mol. The standard InChI is InChI=1S/C15H22N4O5S/c1-16-12-3-2-10-18(11-12)15(20)8-9-17-25(23,24)14-6-4-13(5-7-14)19(21)22/h4-7,12,16-17H,2-3,8-11H2,1H3. The molecular weight excluding hydrogens is 348 g/mol. The number of hydrogen-bond donors (Lipinski definition) is 2. The summed E-state index contributed by atoms with van der Waals surface area (Å²) in [5, 5.41) is 13.7. The average molecular weight is 370 g/mol. The molecule has 1 aromatic rings. The van der Waals surface area contributed by atoms with Gasteiger partial charge < -0.3 is 10.2 Å². The van der Waals surface area contributed by atoms with Crippen molar-refractivity contribution in [3.63, 3.8) is 0 Å². The lowest BCUT2D eigenvalue weighted by atomic mass is 10.1. The third-order valence-corrected chi connectivity index (χ3v) is 5.65. The lowest BCUT2D eigenvalue weighted by Crippen LogP contribution is -2.47. The van der Waals surface area contributed by atoms with E-state index < -0.39 is 14.9 Å². The van der Waals surface area contributed by atoms with Crippen LogP contribution in [0.5, 0.6) is 0 Å². The fourth-order valence-corrected chi connectivity index (χ4v) is 3.75. The molecule has 1 aromatic carbocycles. The van der Waals surface area contributed by atoms with Gasteiger partial charge in [0, 0.05) is 44.2 Å². The van der Waals surface area contributed by atoms with E-state index in [9.17, 15) is 23.3 Å². The first-order chi connectivity index (χ1) is 11.8. The van der Waals surface area contributed by atoms with Gasteiger partial charge in [0.2, 0.25) is 15.9 Å². The van der Waals surface area contributed by atoms with Crippen molar-refractivity contribution in [1.29, 1.82) is 0 Å². The molecule has 0 aliphatic carbocycles. The summed E-state index contributed by atoms with van der Waals surface area (Å²) in [6, 6.07) is 4.88. The molecule has 1 aliphatic heterocycles. The first kappa shape index (κ1) is 19.3. The summed E-state index contributed by atoms with van der Waals surface area (Å²) in [6.07, 6.45) is 2.02. The van der Waals surface area contributed by atoms with Crippen LogP contribution in [0.15, 0.2) is 29.2 Å². The Morgan fingerprint density at radius 2 is 2.04 bits per heavy atom. The number of carbonyl (C=O) groups excluding carboxylic acids is 1. The first-order valence-electron chi connectivity index (χ1n) is 8.02. The topological polar surface area (TPSA) is 122 Å². The van der Waals surface area contributed by atoms with Gasteiger partial charge >= 0.3 is 0 Å². The molecule has 10 heteroatoms. The number of piperidine rings is 1. The van der Waals surface area contributed by atoms with Crippen molar-refractivity contribution in [2.24, 2.45) is 0 Å². The molecule has 0 aromatic heterocycles. The Morgan fingerprint density at radius 1 is 1.36 bits per heavy atom. The normalized spacial score (nSPS) is 18.1. The third-order valence-electron chi connectivity index (χ3n) is 4.17. The Kier molecular flexibility index (Phi) is 6.45. The fraction of sp³-hybridized carbons (Fsp3) is 0.533. The van der Waals surface area contributed by atoms with Crippen LogP contribution in [0, 0.1) is 10.1 Å². The number of amides is 1. The first-order valence-corrected chi connectivity index (χ1v) is 9.51. The molecule has 1 unspecified atom stereocenters. The highest BCUT2D eigenvalue weighted by Gasteiger charge is 2.23. The van der Waals surface area contributed by atoms with Gasteiger partial charge in [-0.15, -0.1) is 0 Å². The molecular formula is C15H22N4O5S. The maximum atomic E-state index is 12.2. The van der Waals surface area contributed by atoms with Crippen LogP contribution in [-0.4, -0.2) is 56.9 Å². The third kappa shape index (κ3) is 5.21. The molecule has 138 valence electrons. The number of likely N-dealkylation sites (tertiary alicyclic amines) is 1. The van der Waals surface area contributed by atoms with E-state index in [2.05, 4.69) is 10.0 Å². The molecule has 0 radical (unpaired) electrons. The Balaban J connectivity index is 1.87. The Labute approximate surface area is 146 Å². The van der Waals surface area contributed by atoms with Gasteiger partial charge in [-0.05, 0) is 32.0 Å². The van der Waals surface area contributed by atoms with Crippen LogP contribution in [0.1, 0.15) is 19.3 Å². The maximum absolute atomic E-state index is 12.2. The van der Waals surface area contributed by atoms with Crippen LogP contribution in [0.2, 0.25) is 0 Å². The second kappa shape index (κ2) is 8.37. The van der Waals surface area contributed by atoms with Gasteiger partial charge in [0.1, 0.15) is 0 Å². The number of rotatable bonds is 7. The number of nitro groups is 1. The molecule has 1 heterocycles. The highest BCUT2D eigenvalue weighted by Crippen LogP contribution is 2.16. The number of nitro benzene ring substituents is 1. The predicted molar refractivity (Wildman–Crippen MR) is 91.6 cm³/mol. The molecule has 2 N–H and O–H groups in total. The van der Waals surface area contributed by atoms with Crippen LogP contribution in [0.4, 0.5) is 5.69 Å². The summed E-state index contributed by atoms with van der Waals surface area (Å²) in [6.45, 7) is 1.30. The van der Waals surface area contributed by atoms with E-state index >= 15 is 0 Å². The Bertz CT molecular complexity index is 720. The second-order valence-corrected chi connectivity index (χ2v) is 7.63. The highest BCUT2D eigenvalue weighted by atomic mass is 32.2. The number of hydrogen-bond acceptors (Lipinski definition) is 6. The van der Waals surface area contributed by atoms with E-state index in [1.807, 2.05) is 7.05 Å². The minimum Gasteiger partial charge on any atom is -0.341 e. The molecule has 1 atom stereocenters. The highest BCUT2D eigenvalue weighted by molar-refractivity contribution is 7.89. The lowest BCUT2D eigenvalue weighted by Gasteiger charge is -2.32. The molecule has 2 rings (SSSR count). The quantitative estimate of drug-likeness (QED) is 0.532. The second-order valence-electron chi connectivity index (χ2n) is 5.87. The Morgan fingerprint density at radius 3 is 2.64 bits per heavy atom. The molecule has 1 amide bonds. The van der Waals surface area contributed by atoms with Crippen molar-refractivity contribution in [2.45, 2.75) is 30.2 Å². The zero-order valence-electron chi connectivity index (χ0n) is 14.0. The molecule has 9 nitrogen and oxygen atoms in total. The SMILES string of the molecule is CNC1CCCN(C(=O)CCNS(=O)(=O)c2ccc([N+](=O)[O-])cc2)C1. The van der Waals surface area contributed by atoms with Gasteiger partial charge in [0.05, 0.1) is 9.82 Å². The summed E-state index contributed by atoms with van der Waals surface area (Å²) in [7, 11) is -1.94. The van der Waals surface area contributed by atoms with Crippen LogP contribution in [0.3, 0.4) is 0 Å². The summed E-state index contributed by atoms with van der Waals surface area (Å²) in [5.41, 5.74) is -0.182. The smallest absolute Gasteiger partial charge is 0.269 e. The number of nitrogens with zero attached hydrogens (tertiary/aromatic N) is 2. The number of carbonyl (C=O) groups is 1. The van der Waals surface area contributed by atoms with E-state index in [1.54, 1.807) is 4.90 Å². The van der Waals surface area contributed by atoms with Crippen molar-refractivity contribution in [2.75, 3.05) is 26.7 Å². The minimum atomic E-state index is -3.80. The van der Waals surface area contributed by atoms with Crippen molar-refractivity contribution >= 4 is 21.6 Å². The molecule has 1 saturated heterocycles. The van der Waals surface area contributed by atoms with E-state index in [4.69, 9.17) is 0 Å². The fourth-order valence-electron chi connectivity index (χ4n) is 2.72. The van der Waals surface area contributed by atoms with Crippen molar-refractivity contribution in [3.8, 4) is 0 Å². The number of nitrogens with one attached hydrogen (secondary N) is 2. The number of sulfonamides is 1. The zero-order chi connectivity index (χ0) is 18.4. The number of benzene rings is 1. The van der Waals surface area contributed by atoms with Gasteiger partial charge in [0.25, 0.3) is 5.69 Å². The van der Waals surface area contributed by atoms with Crippen molar-refractivity contribution < 1.29 is 18.1 Å². The molecule has 25 heavy (non-hydrogen) atoms. The lowest BCUT2D eigenvalue weighted by molar-refractivity contribution is -0.384. The number of likely N-dealkylation sites (N-methyl/N-ethyl adjacent to an activating group) is 1. The van der Waals surface area contributed by atoms with Crippen molar-refractivity contribution in [1.82, 2.24) is 14.9 Å². The Hall–Kier alpha value is -2.04. The van der Waals surface area contributed by atoms with Crippen LogP contribution in [0.25, 0.3) is 0 Å². The summed E-state index contributed by atoms with van der Waals surface area (Å²) in [5.74, 6) is -0.0913. The number of non-ortho nitro benzene ring substituents is 1. The molecule has 0 bridgehead atoms.